The molecule has 0 saturated carbocycles. The third kappa shape index (κ3) is 2.96. The van der Waals surface area contributed by atoms with E-state index in [0.717, 1.165) is 37.6 Å². The van der Waals surface area contributed by atoms with Gasteiger partial charge in [0.15, 0.2) is 0 Å². The predicted molar refractivity (Wildman–Crippen MR) is 75.6 cm³/mol. The molecule has 0 spiro atoms. The van der Waals surface area contributed by atoms with E-state index in [2.05, 4.69) is 26.7 Å². The summed E-state index contributed by atoms with van der Waals surface area (Å²) in [5, 5.41) is 0. The van der Waals surface area contributed by atoms with Crippen LogP contribution in [0.15, 0.2) is 6.33 Å². The first-order valence-electron chi connectivity index (χ1n) is 6.72. The Bertz CT molecular complexity index is 417. The average molecular weight is 265 g/mol. The summed E-state index contributed by atoms with van der Waals surface area (Å²) in [6.07, 6.45) is 1.57. The molecular formula is C13H23N5O. The third-order valence-corrected chi connectivity index (χ3v) is 3.78. The van der Waals surface area contributed by atoms with Crippen LogP contribution in [0.3, 0.4) is 0 Å². The van der Waals surface area contributed by atoms with Gasteiger partial charge in [-0.2, -0.15) is 0 Å². The van der Waals surface area contributed by atoms with Crippen LogP contribution in [0, 0.1) is 6.92 Å². The molecule has 0 aliphatic carbocycles. The summed E-state index contributed by atoms with van der Waals surface area (Å²) in [5.41, 5.74) is 6.72. The molecule has 106 valence electrons. The highest BCUT2D eigenvalue weighted by atomic mass is 16.5. The Balaban J connectivity index is 2.06. The number of piperazine rings is 1. The van der Waals surface area contributed by atoms with Gasteiger partial charge in [-0.1, -0.05) is 0 Å². The summed E-state index contributed by atoms with van der Waals surface area (Å²) in [4.78, 5) is 13.2. The number of ether oxygens (including phenoxy) is 1. The topological polar surface area (TPSA) is 67.5 Å². The van der Waals surface area contributed by atoms with Crippen molar-refractivity contribution in [2.45, 2.75) is 19.9 Å². The summed E-state index contributed by atoms with van der Waals surface area (Å²) >= 11 is 0. The van der Waals surface area contributed by atoms with Gasteiger partial charge >= 0.3 is 0 Å². The first-order chi connectivity index (χ1) is 9.17. The number of nitrogens with zero attached hydrogens (tertiary/aromatic N) is 4. The zero-order valence-electron chi connectivity index (χ0n) is 12.0. The number of methoxy groups -OCH3 is 1. The minimum atomic E-state index is 0.447. The molecule has 2 rings (SSSR count). The van der Waals surface area contributed by atoms with E-state index in [1.807, 2.05) is 6.92 Å². The van der Waals surface area contributed by atoms with Crippen LogP contribution >= 0.6 is 0 Å². The molecule has 1 saturated heterocycles. The van der Waals surface area contributed by atoms with Crippen molar-refractivity contribution in [3.05, 3.63) is 11.9 Å². The van der Waals surface area contributed by atoms with E-state index in [1.54, 1.807) is 13.4 Å². The summed E-state index contributed by atoms with van der Waals surface area (Å²) in [5.74, 6) is 1.63. The lowest BCUT2D eigenvalue weighted by atomic mass is 10.2. The average Bonchev–Trinajstić information content (AvgIpc) is 2.47. The first kappa shape index (κ1) is 14.0. The molecule has 2 heterocycles. The Morgan fingerprint density at radius 3 is 2.58 bits per heavy atom. The van der Waals surface area contributed by atoms with Crippen molar-refractivity contribution in [2.75, 3.05) is 44.7 Å². The van der Waals surface area contributed by atoms with Gasteiger partial charge < -0.3 is 15.4 Å². The van der Waals surface area contributed by atoms with Crippen LogP contribution in [-0.2, 0) is 0 Å². The van der Waals surface area contributed by atoms with E-state index in [1.165, 1.54) is 0 Å². The summed E-state index contributed by atoms with van der Waals surface area (Å²) in [6, 6.07) is 0.447. The highest BCUT2D eigenvalue weighted by molar-refractivity contribution is 5.50. The molecule has 1 fully saturated rings. The molecule has 0 radical (unpaired) electrons. The van der Waals surface area contributed by atoms with Gasteiger partial charge in [0, 0.05) is 38.8 Å². The van der Waals surface area contributed by atoms with Gasteiger partial charge in [0.05, 0.1) is 12.7 Å². The summed E-state index contributed by atoms with van der Waals surface area (Å²) in [6.45, 7) is 8.85. The van der Waals surface area contributed by atoms with Crippen LogP contribution in [0.1, 0.15) is 12.5 Å². The standard InChI is InChI=1S/C13H23N5O/c1-10(8-14)17-4-6-18(7-5-17)12-11(2)13(19-3)16-9-15-12/h9-10H,4-8,14H2,1-3H3. The van der Waals surface area contributed by atoms with E-state index in [0.29, 0.717) is 18.5 Å². The second-order valence-corrected chi connectivity index (χ2v) is 4.94. The van der Waals surface area contributed by atoms with Gasteiger partial charge in [0.25, 0.3) is 0 Å². The number of aromatic nitrogens is 2. The van der Waals surface area contributed by atoms with Crippen molar-refractivity contribution in [3.63, 3.8) is 0 Å². The van der Waals surface area contributed by atoms with Crippen LogP contribution in [0.4, 0.5) is 5.82 Å². The first-order valence-corrected chi connectivity index (χ1v) is 6.72. The second kappa shape index (κ2) is 6.16. The Hall–Kier alpha value is -1.40. The van der Waals surface area contributed by atoms with Gasteiger partial charge in [-0.25, -0.2) is 9.97 Å². The quantitative estimate of drug-likeness (QED) is 0.842. The fraction of sp³-hybridized carbons (Fsp3) is 0.692. The Morgan fingerprint density at radius 2 is 2.00 bits per heavy atom. The van der Waals surface area contributed by atoms with Crippen molar-refractivity contribution in [2.24, 2.45) is 5.73 Å². The van der Waals surface area contributed by atoms with E-state index >= 15 is 0 Å². The molecule has 1 unspecified atom stereocenters. The molecule has 0 bridgehead atoms. The fourth-order valence-corrected chi connectivity index (χ4v) is 2.47. The highest BCUT2D eigenvalue weighted by Crippen LogP contribution is 2.24. The number of nitrogens with two attached hydrogens (primary N) is 1. The molecule has 2 N–H and O–H groups in total. The molecule has 1 aliphatic rings. The molecule has 1 aromatic heterocycles. The zero-order valence-corrected chi connectivity index (χ0v) is 12.0. The van der Waals surface area contributed by atoms with Crippen LogP contribution in [0.5, 0.6) is 5.88 Å². The third-order valence-electron chi connectivity index (χ3n) is 3.78. The van der Waals surface area contributed by atoms with Crippen LogP contribution < -0.4 is 15.4 Å². The molecular weight excluding hydrogens is 242 g/mol. The maximum atomic E-state index is 5.72. The lowest BCUT2D eigenvalue weighted by Gasteiger charge is -2.38. The molecule has 0 amide bonds. The number of hydrogen-bond acceptors (Lipinski definition) is 6. The number of anilines is 1. The van der Waals surface area contributed by atoms with Crippen molar-refractivity contribution in [1.82, 2.24) is 14.9 Å². The van der Waals surface area contributed by atoms with Gasteiger partial charge in [-0.15, -0.1) is 0 Å². The molecule has 19 heavy (non-hydrogen) atoms. The van der Waals surface area contributed by atoms with Crippen molar-refractivity contribution >= 4 is 5.82 Å². The predicted octanol–water partition coefficient (Wildman–Crippen LogP) is 0.263. The van der Waals surface area contributed by atoms with E-state index < -0.39 is 0 Å². The lowest BCUT2D eigenvalue weighted by Crippen LogP contribution is -2.51. The molecule has 6 nitrogen and oxygen atoms in total. The van der Waals surface area contributed by atoms with Crippen LogP contribution in [-0.4, -0.2) is 60.7 Å². The smallest absolute Gasteiger partial charge is 0.221 e. The molecule has 1 aliphatic heterocycles. The lowest BCUT2D eigenvalue weighted by molar-refractivity contribution is 0.201. The normalized spacial score (nSPS) is 18.4. The maximum Gasteiger partial charge on any atom is 0.221 e. The summed E-state index contributed by atoms with van der Waals surface area (Å²) < 4.78 is 5.25. The maximum absolute atomic E-state index is 5.72. The zero-order chi connectivity index (χ0) is 13.8. The van der Waals surface area contributed by atoms with Crippen molar-refractivity contribution in [1.29, 1.82) is 0 Å². The Labute approximate surface area is 114 Å². The molecule has 1 aromatic rings. The minimum Gasteiger partial charge on any atom is -0.481 e. The Morgan fingerprint density at radius 1 is 1.32 bits per heavy atom. The highest BCUT2D eigenvalue weighted by Gasteiger charge is 2.23. The second-order valence-electron chi connectivity index (χ2n) is 4.94. The number of hydrogen-bond donors (Lipinski definition) is 1. The van der Waals surface area contributed by atoms with E-state index in [-0.39, 0.29) is 0 Å². The van der Waals surface area contributed by atoms with Gasteiger partial charge in [0.2, 0.25) is 5.88 Å². The van der Waals surface area contributed by atoms with Crippen molar-refractivity contribution in [3.8, 4) is 5.88 Å². The Kier molecular flexibility index (Phi) is 4.55. The molecule has 1 atom stereocenters. The van der Waals surface area contributed by atoms with E-state index in [9.17, 15) is 0 Å². The SMILES string of the molecule is COc1ncnc(N2CCN(C(C)CN)CC2)c1C. The van der Waals surface area contributed by atoms with Crippen molar-refractivity contribution < 1.29 is 4.74 Å². The van der Waals surface area contributed by atoms with Gasteiger partial charge in [-0.3, -0.25) is 4.90 Å². The van der Waals surface area contributed by atoms with E-state index in [4.69, 9.17) is 10.5 Å². The van der Waals surface area contributed by atoms with Gasteiger partial charge in [-0.05, 0) is 13.8 Å². The van der Waals surface area contributed by atoms with Crippen LogP contribution in [0.25, 0.3) is 0 Å². The van der Waals surface area contributed by atoms with Crippen LogP contribution in [0.2, 0.25) is 0 Å². The molecule has 0 aromatic carbocycles. The summed E-state index contributed by atoms with van der Waals surface area (Å²) in [7, 11) is 1.64. The molecule has 6 heteroatoms. The monoisotopic (exact) mass is 265 g/mol. The minimum absolute atomic E-state index is 0.447. The van der Waals surface area contributed by atoms with Gasteiger partial charge in [0.1, 0.15) is 12.1 Å². The fourth-order valence-electron chi connectivity index (χ4n) is 2.47. The largest absolute Gasteiger partial charge is 0.481 e. The number of rotatable bonds is 4.